The number of fused-ring (bicyclic) bond motifs is 1. The van der Waals surface area contributed by atoms with E-state index < -0.39 is 0 Å². The van der Waals surface area contributed by atoms with Crippen LogP contribution in [0, 0.1) is 18.3 Å². The summed E-state index contributed by atoms with van der Waals surface area (Å²) in [5, 5.41) is 0. The third-order valence-electron chi connectivity index (χ3n) is 7.30. The van der Waals surface area contributed by atoms with Gasteiger partial charge in [0.15, 0.2) is 0 Å². The first kappa shape index (κ1) is 30.7. The van der Waals surface area contributed by atoms with Crippen molar-refractivity contribution in [2.24, 2.45) is 11.3 Å². The lowest BCUT2D eigenvalue weighted by Crippen LogP contribution is -2.25. The number of aryl methyl sites for hydroxylation is 2. The van der Waals surface area contributed by atoms with Gasteiger partial charge in [0, 0.05) is 0 Å². The lowest BCUT2D eigenvalue weighted by Gasteiger charge is -2.37. The molecule has 0 bridgehead atoms. The predicted molar refractivity (Wildman–Crippen MR) is 160 cm³/mol. The molecule has 0 radical (unpaired) electrons. The molecule has 3 rings (SSSR count). The van der Waals surface area contributed by atoms with Crippen LogP contribution >= 0.6 is 0 Å². The minimum Gasteiger partial charge on any atom is -0.103 e. The van der Waals surface area contributed by atoms with Gasteiger partial charge in [-0.05, 0) is 108 Å². The van der Waals surface area contributed by atoms with Gasteiger partial charge in [-0.3, -0.25) is 0 Å². The average Bonchev–Trinajstić information content (AvgIpc) is 3.01. The Labute approximate surface area is 218 Å². The fourth-order valence-corrected chi connectivity index (χ4v) is 5.48. The van der Waals surface area contributed by atoms with E-state index in [1.807, 2.05) is 19.1 Å². The second-order valence-electron chi connectivity index (χ2n) is 10.8. The average molecular weight is 473 g/mol. The Morgan fingerprint density at radius 1 is 1.14 bits per heavy atom. The molecule has 0 heterocycles. The molecule has 1 aromatic carbocycles. The Balaban J connectivity index is 0.000000343. The summed E-state index contributed by atoms with van der Waals surface area (Å²) in [4.78, 5) is 0. The third-order valence-corrected chi connectivity index (χ3v) is 7.30. The number of hydrogen-bond donors (Lipinski definition) is 0. The van der Waals surface area contributed by atoms with Gasteiger partial charge in [-0.25, -0.2) is 0 Å². The molecule has 2 atom stereocenters. The fraction of sp³-hybridized carbons (Fsp3) is 0.486. The van der Waals surface area contributed by atoms with Crippen LogP contribution in [-0.2, 0) is 12.8 Å². The van der Waals surface area contributed by atoms with Gasteiger partial charge in [0.25, 0.3) is 0 Å². The topological polar surface area (TPSA) is 0 Å². The smallest absolute Gasteiger partial charge is 0.00139 e. The summed E-state index contributed by atoms with van der Waals surface area (Å²) in [6.07, 6.45) is 20.2. The minimum atomic E-state index is 0.589. The van der Waals surface area contributed by atoms with Crippen molar-refractivity contribution in [3.63, 3.8) is 0 Å². The molecule has 0 N–H and O–H groups in total. The fourth-order valence-electron chi connectivity index (χ4n) is 5.48. The molecule has 2 aliphatic rings. The molecule has 1 saturated carbocycles. The van der Waals surface area contributed by atoms with Crippen molar-refractivity contribution >= 4 is 0 Å². The van der Waals surface area contributed by atoms with Gasteiger partial charge in [0.2, 0.25) is 0 Å². The van der Waals surface area contributed by atoms with E-state index >= 15 is 0 Å². The van der Waals surface area contributed by atoms with E-state index in [-0.39, 0.29) is 0 Å². The molecule has 0 amide bonds. The molecule has 2 unspecified atom stereocenters. The summed E-state index contributed by atoms with van der Waals surface area (Å²) in [6, 6.07) is 6.71. The van der Waals surface area contributed by atoms with Crippen molar-refractivity contribution in [1.29, 1.82) is 0 Å². The van der Waals surface area contributed by atoms with Crippen LogP contribution in [-0.4, -0.2) is 0 Å². The molecule has 0 saturated heterocycles. The summed E-state index contributed by atoms with van der Waals surface area (Å²) in [6.45, 7) is 26.4. The Hall–Kier alpha value is -2.34. The number of allylic oxidation sites excluding steroid dienone is 9. The molecular weight excluding hydrogens is 420 g/mol. The highest BCUT2D eigenvalue weighted by Crippen LogP contribution is 2.58. The van der Waals surface area contributed by atoms with Crippen molar-refractivity contribution < 1.29 is 0 Å². The standard InChI is InChI=1S/C20H28.C12H18.C3H6/c1-6-8-11-16(3)17(4)14-15-19-13-9-12-18(5)20(19)10-7-2;1-9(2)7-12-5-4-11(12)6-10(3)8-12;1-3-2/h6,8-9,11-13H,1,7,10,14-15H2,2-5H3;4,10H,1,5-8H2,2-3H3;3H,1H2,2H3/b11-8-,17-16+;;. The summed E-state index contributed by atoms with van der Waals surface area (Å²) in [5.74, 6) is 0.915. The Morgan fingerprint density at radius 2 is 1.83 bits per heavy atom. The first-order chi connectivity index (χ1) is 16.6. The number of benzene rings is 1. The van der Waals surface area contributed by atoms with Gasteiger partial charge in [0.05, 0.1) is 0 Å². The molecular formula is C35H52. The van der Waals surface area contributed by atoms with E-state index in [0.717, 1.165) is 18.8 Å². The molecule has 0 nitrogen and oxygen atoms in total. The summed E-state index contributed by atoms with van der Waals surface area (Å²) >= 11 is 0. The maximum absolute atomic E-state index is 4.03. The molecule has 35 heavy (non-hydrogen) atoms. The zero-order valence-electron chi connectivity index (χ0n) is 24.0. The maximum atomic E-state index is 4.03. The largest absolute Gasteiger partial charge is 0.103 e. The monoisotopic (exact) mass is 472 g/mol. The lowest BCUT2D eigenvalue weighted by atomic mass is 9.67. The van der Waals surface area contributed by atoms with Crippen LogP contribution in [0.2, 0.25) is 0 Å². The third kappa shape index (κ3) is 9.67. The lowest BCUT2D eigenvalue weighted by molar-refractivity contribution is 0.310. The van der Waals surface area contributed by atoms with Gasteiger partial charge >= 0.3 is 0 Å². The van der Waals surface area contributed by atoms with Gasteiger partial charge in [-0.2, -0.15) is 0 Å². The zero-order valence-corrected chi connectivity index (χ0v) is 24.0. The predicted octanol–water partition coefficient (Wildman–Crippen LogP) is 10.9. The molecule has 2 aliphatic carbocycles. The van der Waals surface area contributed by atoms with E-state index in [0.29, 0.717) is 5.41 Å². The van der Waals surface area contributed by atoms with Gasteiger partial charge in [-0.1, -0.05) is 97.7 Å². The van der Waals surface area contributed by atoms with Crippen molar-refractivity contribution in [3.05, 3.63) is 107 Å². The van der Waals surface area contributed by atoms with E-state index in [4.69, 9.17) is 0 Å². The quantitative estimate of drug-likeness (QED) is 0.247. The van der Waals surface area contributed by atoms with E-state index in [9.17, 15) is 0 Å². The Kier molecular flexibility index (Phi) is 13.7. The molecule has 0 spiro atoms. The highest BCUT2D eigenvalue weighted by atomic mass is 14.5. The van der Waals surface area contributed by atoms with Crippen LogP contribution in [0.4, 0.5) is 0 Å². The first-order valence-corrected chi connectivity index (χ1v) is 13.6. The van der Waals surface area contributed by atoms with E-state index in [1.54, 1.807) is 17.2 Å². The molecule has 192 valence electrons. The van der Waals surface area contributed by atoms with Crippen LogP contribution < -0.4 is 0 Å². The highest BCUT2D eigenvalue weighted by molar-refractivity contribution is 5.36. The summed E-state index contributed by atoms with van der Waals surface area (Å²) < 4.78 is 0. The van der Waals surface area contributed by atoms with Crippen molar-refractivity contribution in [2.45, 2.75) is 99.8 Å². The van der Waals surface area contributed by atoms with Crippen molar-refractivity contribution in [3.8, 4) is 0 Å². The van der Waals surface area contributed by atoms with Gasteiger partial charge in [-0.15, -0.1) is 13.2 Å². The number of hydrogen-bond acceptors (Lipinski definition) is 0. The van der Waals surface area contributed by atoms with Crippen LogP contribution in [0.25, 0.3) is 0 Å². The van der Waals surface area contributed by atoms with Crippen LogP contribution in [0.1, 0.15) is 96.8 Å². The molecule has 1 fully saturated rings. The first-order valence-electron chi connectivity index (χ1n) is 13.6. The van der Waals surface area contributed by atoms with E-state index in [1.165, 1.54) is 66.4 Å². The summed E-state index contributed by atoms with van der Waals surface area (Å²) in [7, 11) is 0. The van der Waals surface area contributed by atoms with Crippen LogP contribution in [0.3, 0.4) is 0 Å². The summed E-state index contributed by atoms with van der Waals surface area (Å²) in [5.41, 5.74) is 11.0. The SMILES string of the molecule is C=C(C)CC12CC=C1CC(C)C2.C=C/C=C\C(C)=C(/C)CCc1cccc(C)c1CCC.C=CC. The Morgan fingerprint density at radius 3 is 2.34 bits per heavy atom. The van der Waals surface area contributed by atoms with E-state index in [2.05, 4.69) is 91.6 Å². The normalized spacial score (nSPS) is 20.8. The van der Waals surface area contributed by atoms with Crippen molar-refractivity contribution in [2.75, 3.05) is 0 Å². The van der Waals surface area contributed by atoms with Gasteiger partial charge < -0.3 is 0 Å². The van der Waals surface area contributed by atoms with Crippen LogP contribution in [0.15, 0.2) is 90.6 Å². The van der Waals surface area contributed by atoms with Crippen LogP contribution in [0.5, 0.6) is 0 Å². The Bertz CT molecular complexity index is 933. The number of rotatable bonds is 9. The maximum Gasteiger partial charge on any atom is -0.00139 e. The molecule has 1 aromatic rings. The van der Waals surface area contributed by atoms with Gasteiger partial charge in [0.1, 0.15) is 0 Å². The zero-order chi connectivity index (χ0) is 26.4. The second-order valence-corrected chi connectivity index (χ2v) is 10.8. The second kappa shape index (κ2) is 15.6. The molecule has 0 aliphatic heterocycles. The van der Waals surface area contributed by atoms with Crippen molar-refractivity contribution in [1.82, 2.24) is 0 Å². The minimum absolute atomic E-state index is 0.589. The molecule has 0 heteroatoms. The molecule has 0 aromatic heterocycles. The highest BCUT2D eigenvalue weighted by Gasteiger charge is 2.45.